The van der Waals surface area contributed by atoms with Gasteiger partial charge in [0.05, 0.1) is 6.61 Å². The van der Waals surface area contributed by atoms with Crippen LogP contribution in [0.3, 0.4) is 0 Å². The summed E-state index contributed by atoms with van der Waals surface area (Å²) < 4.78 is 5.38. The van der Waals surface area contributed by atoms with Gasteiger partial charge in [-0.2, -0.15) is 0 Å². The van der Waals surface area contributed by atoms with E-state index in [0.717, 1.165) is 15.7 Å². The minimum absolute atomic E-state index is 0.377. The van der Waals surface area contributed by atoms with Gasteiger partial charge in [0.25, 0.3) is 5.91 Å². The minimum Gasteiger partial charge on any atom is -0.494 e. The summed E-state index contributed by atoms with van der Waals surface area (Å²) in [7, 11) is 0. The van der Waals surface area contributed by atoms with Crippen LogP contribution in [0.25, 0.3) is 10.8 Å². The monoisotopic (exact) mass is 417 g/mol. The maximum atomic E-state index is 13.2. The van der Waals surface area contributed by atoms with Crippen molar-refractivity contribution >= 4 is 34.3 Å². The van der Waals surface area contributed by atoms with Gasteiger partial charge in [-0.25, -0.2) is 4.79 Å². The largest absolute Gasteiger partial charge is 0.494 e. The fourth-order valence-electron chi connectivity index (χ4n) is 3.83. The Morgan fingerprint density at radius 2 is 1.74 bits per heavy atom. The first-order valence-electron chi connectivity index (χ1n) is 10.1. The summed E-state index contributed by atoms with van der Waals surface area (Å²) in [6.07, 6.45) is 0. The maximum Gasteiger partial charge on any atom is 0.325 e. The van der Waals surface area contributed by atoms with Crippen LogP contribution in [0.4, 0.5) is 10.5 Å². The second kappa shape index (κ2) is 8.10. The second-order valence-electron chi connectivity index (χ2n) is 7.48. The lowest BCUT2D eigenvalue weighted by Gasteiger charge is -2.24. The predicted molar refractivity (Wildman–Crippen MR) is 118 cm³/mol. The van der Waals surface area contributed by atoms with Crippen molar-refractivity contribution in [2.24, 2.45) is 0 Å². The molecule has 0 aromatic heterocycles. The number of urea groups is 1. The smallest absolute Gasteiger partial charge is 0.325 e. The molecule has 0 aliphatic carbocycles. The molecule has 1 aliphatic rings. The highest BCUT2D eigenvalue weighted by Gasteiger charge is 2.50. The molecular formula is C24H23N3O4. The molecule has 0 bridgehead atoms. The number of imide groups is 1. The zero-order chi connectivity index (χ0) is 22.0. The number of benzene rings is 3. The fourth-order valence-corrected chi connectivity index (χ4v) is 3.83. The first-order chi connectivity index (χ1) is 14.9. The second-order valence-corrected chi connectivity index (χ2v) is 7.48. The van der Waals surface area contributed by atoms with E-state index in [1.807, 2.05) is 49.4 Å². The fraction of sp³-hybridized carbons (Fsp3) is 0.208. The van der Waals surface area contributed by atoms with Crippen molar-refractivity contribution < 1.29 is 19.1 Å². The lowest BCUT2D eigenvalue weighted by Crippen LogP contribution is -2.42. The molecule has 3 aromatic carbocycles. The third kappa shape index (κ3) is 3.82. The Kier molecular flexibility index (Phi) is 5.33. The van der Waals surface area contributed by atoms with E-state index >= 15 is 0 Å². The molecule has 1 aliphatic heterocycles. The summed E-state index contributed by atoms with van der Waals surface area (Å²) in [6, 6.07) is 19.6. The van der Waals surface area contributed by atoms with E-state index in [1.54, 1.807) is 31.2 Å². The van der Waals surface area contributed by atoms with E-state index in [2.05, 4.69) is 10.6 Å². The molecule has 2 N–H and O–H groups in total. The first kappa shape index (κ1) is 20.4. The van der Waals surface area contributed by atoms with Gasteiger partial charge in [0.2, 0.25) is 5.91 Å². The Hall–Kier alpha value is -3.87. The number of hydrogen-bond donors (Lipinski definition) is 2. The molecule has 7 nitrogen and oxygen atoms in total. The van der Waals surface area contributed by atoms with Crippen LogP contribution in [0.5, 0.6) is 5.75 Å². The zero-order valence-corrected chi connectivity index (χ0v) is 17.3. The Bertz CT molecular complexity index is 1150. The van der Waals surface area contributed by atoms with Gasteiger partial charge in [-0.05, 0) is 54.4 Å². The Labute approximate surface area is 180 Å². The quantitative estimate of drug-likeness (QED) is 0.600. The highest BCUT2D eigenvalue weighted by atomic mass is 16.5. The number of nitrogens with zero attached hydrogens (tertiary/aromatic N) is 1. The van der Waals surface area contributed by atoms with E-state index in [9.17, 15) is 14.4 Å². The number of fused-ring (bicyclic) bond motifs is 1. The van der Waals surface area contributed by atoms with Crippen molar-refractivity contribution in [3.63, 3.8) is 0 Å². The van der Waals surface area contributed by atoms with Crippen LogP contribution in [-0.2, 0) is 15.1 Å². The number of nitrogens with one attached hydrogen (secondary N) is 2. The molecular weight excluding hydrogens is 394 g/mol. The van der Waals surface area contributed by atoms with Crippen molar-refractivity contribution in [2.75, 3.05) is 18.5 Å². The number of rotatable bonds is 6. The molecule has 1 fully saturated rings. The number of hydrogen-bond acceptors (Lipinski definition) is 4. The molecule has 0 spiro atoms. The highest BCUT2D eigenvalue weighted by molar-refractivity contribution is 6.11. The number of carbonyl (C=O) groups is 3. The molecule has 1 saturated heterocycles. The average Bonchev–Trinajstić information content (AvgIpc) is 2.98. The van der Waals surface area contributed by atoms with Gasteiger partial charge in [0.1, 0.15) is 17.8 Å². The highest BCUT2D eigenvalue weighted by Crippen LogP contribution is 2.33. The van der Waals surface area contributed by atoms with Crippen molar-refractivity contribution in [3.8, 4) is 5.75 Å². The predicted octanol–water partition coefficient (Wildman–Crippen LogP) is 3.64. The van der Waals surface area contributed by atoms with Crippen molar-refractivity contribution in [3.05, 3.63) is 72.3 Å². The summed E-state index contributed by atoms with van der Waals surface area (Å²) in [5.74, 6) is -0.231. The van der Waals surface area contributed by atoms with Crippen molar-refractivity contribution in [1.82, 2.24) is 10.2 Å². The van der Waals surface area contributed by atoms with E-state index in [1.165, 1.54) is 0 Å². The Balaban J connectivity index is 1.52. The van der Waals surface area contributed by atoms with Crippen LogP contribution in [0.2, 0.25) is 0 Å². The Morgan fingerprint density at radius 1 is 1.03 bits per heavy atom. The summed E-state index contributed by atoms with van der Waals surface area (Å²) in [5, 5.41) is 7.32. The summed E-state index contributed by atoms with van der Waals surface area (Å²) in [5.41, 5.74) is -0.00660. The number of anilines is 1. The van der Waals surface area contributed by atoms with E-state index in [0.29, 0.717) is 23.6 Å². The van der Waals surface area contributed by atoms with E-state index in [4.69, 9.17) is 4.74 Å². The van der Waals surface area contributed by atoms with E-state index < -0.39 is 23.4 Å². The van der Waals surface area contributed by atoms with Gasteiger partial charge in [-0.3, -0.25) is 14.5 Å². The molecule has 0 unspecified atom stereocenters. The zero-order valence-electron chi connectivity index (χ0n) is 17.3. The van der Waals surface area contributed by atoms with Gasteiger partial charge in [0, 0.05) is 5.69 Å². The van der Waals surface area contributed by atoms with Crippen LogP contribution in [-0.4, -0.2) is 35.9 Å². The first-order valence-corrected chi connectivity index (χ1v) is 10.1. The topological polar surface area (TPSA) is 87.7 Å². The molecule has 1 heterocycles. The molecule has 4 rings (SSSR count). The van der Waals surface area contributed by atoms with Crippen LogP contribution in [0, 0.1) is 0 Å². The molecule has 0 radical (unpaired) electrons. The molecule has 31 heavy (non-hydrogen) atoms. The Morgan fingerprint density at radius 3 is 2.48 bits per heavy atom. The van der Waals surface area contributed by atoms with Crippen LogP contribution < -0.4 is 15.4 Å². The van der Waals surface area contributed by atoms with Gasteiger partial charge in [0.15, 0.2) is 0 Å². The third-order valence-electron chi connectivity index (χ3n) is 5.35. The standard InChI is InChI=1S/C24H23N3O4/c1-3-31-18-13-11-17(12-14-18)25-21(28)15-27-22(29)24(2,26-23(27)30)20-10-6-8-16-7-4-5-9-19(16)20/h4-14H,3,15H2,1-2H3,(H,25,28)(H,26,30)/t24-/m0/s1. The number of carbonyl (C=O) groups excluding carboxylic acids is 3. The minimum atomic E-state index is -1.25. The van der Waals surface area contributed by atoms with Crippen LogP contribution >= 0.6 is 0 Å². The van der Waals surface area contributed by atoms with Gasteiger partial charge in [-0.1, -0.05) is 42.5 Å². The third-order valence-corrected chi connectivity index (χ3v) is 5.35. The molecule has 0 saturated carbocycles. The van der Waals surface area contributed by atoms with Crippen LogP contribution in [0.15, 0.2) is 66.7 Å². The van der Waals surface area contributed by atoms with Gasteiger partial charge < -0.3 is 15.4 Å². The average molecular weight is 417 g/mol. The van der Waals surface area contributed by atoms with E-state index in [-0.39, 0.29) is 6.54 Å². The number of ether oxygens (including phenoxy) is 1. The molecule has 1 atom stereocenters. The summed E-state index contributed by atoms with van der Waals surface area (Å²) in [4.78, 5) is 39.3. The van der Waals surface area contributed by atoms with Gasteiger partial charge >= 0.3 is 6.03 Å². The van der Waals surface area contributed by atoms with Crippen LogP contribution in [0.1, 0.15) is 19.4 Å². The molecule has 4 amide bonds. The maximum absolute atomic E-state index is 13.2. The van der Waals surface area contributed by atoms with Crippen molar-refractivity contribution in [2.45, 2.75) is 19.4 Å². The summed E-state index contributed by atoms with van der Waals surface area (Å²) >= 11 is 0. The molecule has 7 heteroatoms. The van der Waals surface area contributed by atoms with Crippen molar-refractivity contribution in [1.29, 1.82) is 0 Å². The number of amides is 4. The normalized spacial score (nSPS) is 18.2. The molecule has 158 valence electrons. The lowest BCUT2D eigenvalue weighted by atomic mass is 9.88. The van der Waals surface area contributed by atoms with Gasteiger partial charge in [-0.15, -0.1) is 0 Å². The SMILES string of the molecule is CCOc1ccc(NC(=O)CN2C(=O)N[C@@](C)(c3cccc4ccccc34)C2=O)cc1. The summed E-state index contributed by atoms with van der Waals surface area (Å²) in [6.45, 7) is 3.73. The molecule has 3 aromatic rings. The lowest BCUT2D eigenvalue weighted by molar-refractivity contribution is -0.133.